The Kier molecular flexibility index (Phi) is 8.55. The van der Waals surface area contributed by atoms with Gasteiger partial charge in [0.1, 0.15) is 11.4 Å². The van der Waals surface area contributed by atoms with Crippen molar-refractivity contribution in [2.75, 3.05) is 10.6 Å². The van der Waals surface area contributed by atoms with Gasteiger partial charge in [0.05, 0.1) is 29.8 Å². The molecule has 0 amide bonds. The third-order valence-electron chi connectivity index (χ3n) is 8.45. The first-order valence-electron chi connectivity index (χ1n) is 15.0. The zero-order valence-corrected chi connectivity index (χ0v) is 24.1. The maximum absolute atomic E-state index is 15.4. The third-order valence-corrected chi connectivity index (χ3v) is 8.45. The smallest absolute Gasteiger partial charge is 0.147 e. The maximum atomic E-state index is 15.4. The number of halogens is 1. The molecule has 3 N–H and O–H groups in total. The molecule has 1 aliphatic carbocycles. The number of rotatable bonds is 10. The Morgan fingerprint density at radius 1 is 0.744 bits per heavy atom. The highest BCUT2D eigenvalue weighted by Crippen LogP contribution is 2.41. The minimum absolute atomic E-state index is 0.328. The number of anilines is 2. The highest BCUT2D eigenvalue weighted by atomic mass is 19.1. The number of nitrogens with zero attached hydrogens (tertiary/aromatic N) is 2. The molecule has 5 nitrogen and oxygen atoms in total. The lowest BCUT2D eigenvalue weighted by Crippen LogP contribution is -2.38. The van der Waals surface area contributed by atoms with E-state index in [2.05, 4.69) is 52.0 Å². The van der Waals surface area contributed by atoms with E-state index in [0.29, 0.717) is 29.4 Å². The molecule has 1 saturated carbocycles. The van der Waals surface area contributed by atoms with Gasteiger partial charge in [0.25, 0.3) is 0 Å². The van der Waals surface area contributed by atoms with Gasteiger partial charge in [-0.05, 0) is 41.7 Å². The van der Waals surface area contributed by atoms with Crippen molar-refractivity contribution < 1.29 is 4.39 Å². The molecular formula is C37H36FN5. The minimum atomic E-state index is -0.808. The van der Waals surface area contributed by atoms with Crippen LogP contribution in [0, 0.1) is 11.2 Å². The minimum Gasteiger partial charge on any atom is -0.377 e. The van der Waals surface area contributed by atoms with Gasteiger partial charge in [-0.15, -0.1) is 0 Å². The maximum Gasteiger partial charge on any atom is 0.147 e. The standard InChI is InChI=1S/C37H36FN5/c38-33-21-28(23-39)34(22-35(33)41-24-32-25-42-36(26-40-32)27-13-5-1-6-14-27)43-37(29-15-7-2-8-16-29,30-17-9-3-10-18-30)31-19-11-4-12-20-31/h2-4,7-12,15-23,25-27,39,41,43H,1,5-6,13-14,24H2. The van der Waals surface area contributed by atoms with Gasteiger partial charge in [-0.1, -0.05) is 110 Å². The fourth-order valence-electron chi connectivity index (χ4n) is 6.19. The Bertz CT molecular complexity index is 1540. The van der Waals surface area contributed by atoms with Crippen LogP contribution in [0.5, 0.6) is 0 Å². The van der Waals surface area contributed by atoms with Crippen LogP contribution < -0.4 is 10.6 Å². The molecule has 0 saturated heterocycles. The van der Waals surface area contributed by atoms with E-state index in [1.54, 1.807) is 12.3 Å². The van der Waals surface area contributed by atoms with E-state index < -0.39 is 11.4 Å². The van der Waals surface area contributed by atoms with Crippen LogP contribution in [-0.4, -0.2) is 16.2 Å². The second-order valence-corrected chi connectivity index (χ2v) is 11.2. The molecule has 6 rings (SSSR count). The van der Waals surface area contributed by atoms with Crippen LogP contribution in [-0.2, 0) is 12.1 Å². The fraction of sp³-hybridized carbons (Fsp3) is 0.216. The highest BCUT2D eigenvalue weighted by molar-refractivity contribution is 5.88. The van der Waals surface area contributed by atoms with Crippen LogP contribution in [0.15, 0.2) is 116 Å². The molecule has 6 heteroatoms. The summed E-state index contributed by atoms with van der Waals surface area (Å²) in [7, 11) is 0. The molecule has 1 heterocycles. The van der Waals surface area contributed by atoms with Crippen LogP contribution in [0.4, 0.5) is 15.8 Å². The molecule has 0 spiro atoms. The van der Waals surface area contributed by atoms with Gasteiger partial charge in [0, 0.05) is 29.6 Å². The molecule has 5 aromatic rings. The van der Waals surface area contributed by atoms with Gasteiger partial charge in [-0.25, -0.2) is 4.39 Å². The van der Waals surface area contributed by atoms with Gasteiger partial charge in [0.15, 0.2) is 0 Å². The average molecular weight is 570 g/mol. The number of benzene rings is 4. The van der Waals surface area contributed by atoms with Crippen LogP contribution in [0.3, 0.4) is 0 Å². The molecule has 0 unspecified atom stereocenters. The number of nitrogens with one attached hydrogen (secondary N) is 3. The van der Waals surface area contributed by atoms with Crippen molar-refractivity contribution in [3.63, 3.8) is 0 Å². The highest BCUT2D eigenvalue weighted by Gasteiger charge is 2.37. The lowest BCUT2D eigenvalue weighted by molar-refractivity contribution is 0.435. The summed E-state index contributed by atoms with van der Waals surface area (Å²) in [5, 5.41) is 15.2. The number of aromatic nitrogens is 2. The number of hydrogen-bond acceptors (Lipinski definition) is 5. The lowest BCUT2D eigenvalue weighted by Gasteiger charge is -2.38. The Labute approximate surface area is 252 Å². The van der Waals surface area contributed by atoms with Crippen molar-refractivity contribution >= 4 is 17.6 Å². The topological polar surface area (TPSA) is 73.7 Å². The zero-order valence-electron chi connectivity index (χ0n) is 24.1. The molecule has 1 aliphatic rings. The van der Waals surface area contributed by atoms with Crippen molar-refractivity contribution in [1.29, 1.82) is 5.41 Å². The molecule has 43 heavy (non-hydrogen) atoms. The predicted octanol–water partition coefficient (Wildman–Crippen LogP) is 8.68. The average Bonchev–Trinajstić information content (AvgIpc) is 3.09. The molecule has 4 aromatic carbocycles. The predicted molar refractivity (Wildman–Crippen MR) is 172 cm³/mol. The lowest BCUT2D eigenvalue weighted by atomic mass is 9.76. The molecule has 216 valence electrons. The summed E-state index contributed by atoms with van der Waals surface area (Å²) >= 11 is 0. The van der Waals surface area contributed by atoms with Crippen molar-refractivity contribution in [3.05, 3.63) is 155 Å². The first kappa shape index (κ1) is 28.3. The zero-order chi connectivity index (χ0) is 29.5. The Morgan fingerprint density at radius 2 is 1.33 bits per heavy atom. The van der Waals surface area contributed by atoms with Crippen LogP contribution in [0.1, 0.15) is 71.7 Å². The van der Waals surface area contributed by atoms with Gasteiger partial charge in [0.2, 0.25) is 0 Å². The van der Waals surface area contributed by atoms with Gasteiger partial charge in [-0.2, -0.15) is 0 Å². The molecular weight excluding hydrogens is 533 g/mol. The quantitative estimate of drug-likeness (QED) is 0.116. The normalized spacial score (nSPS) is 13.8. The Hall–Kier alpha value is -4.84. The van der Waals surface area contributed by atoms with Crippen molar-refractivity contribution in [3.8, 4) is 0 Å². The molecule has 1 aromatic heterocycles. The van der Waals surface area contributed by atoms with E-state index in [1.165, 1.54) is 44.4 Å². The van der Waals surface area contributed by atoms with Crippen molar-refractivity contribution in [1.82, 2.24) is 9.97 Å². The molecule has 0 bridgehead atoms. The van der Waals surface area contributed by atoms with Gasteiger partial charge < -0.3 is 16.0 Å². The molecule has 0 aliphatic heterocycles. The molecule has 0 radical (unpaired) electrons. The fourth-order valence-corrected chi connectivity index (χ4v) is 6.19. The van der Waals surface area contributed by atoms with Crippen molar-refractivity contribution in [2.45, 2.75) is 50.1 Å². The van der Waals surface area contributed by atoms with E-state index >= 15 is 4.39 Å². The van der Waals surface area contributed by atoms with Gasteiger partial charge >= 0.3 is 0 Å². The Balaban J connectivity index is 1.36. The van der Waals surface area contributed by atoms with E-state index in [-0.39, 0.29) is 0 Å². The molecule has 1 fully saturated rings. The van der Waals surface area contributed by atoms with Crippen LogP contribution >= 0.6 is 0 Å². The summed E-state index contributed by atoms with van der Waals surface area (Å²) in [6.45, 7) is 0.333. The molecule has 0 atom stereocenters. The van der Waals surface area contributed by atoms with Crippen LogP contribution in [0.25, 0.3) is 0 Å². The SMILES string of the molecule is N=Cc1cc(F)c(NCc2cnc(C3CCCCC3)cn2)cc1NC(c1ccccc1)(c1ccccc1)c1ccccc1. The summed E-state index contributed by atoms with van der Waals surface area (Å²) in [5.74, 6) is 0.0580. The van der Waals surface area contributed by atoms with E-state index in [1.807, 2.05) is 60.8 Å². The first-order chi connectivity index (χ1) is 21.2. The first-order valence-corrected chi connectivity index (χ1v) is 15.0. The summed E-state index contributed by atoms with van der Waals surface area (Å²) in [5.41, 5.74) is 5.47. The summed E-state index contributed by atoms with van der Waals surface area (Å²) in [4.78, 5) is 9.33. The number of hydrogen-bond donors (Lipinski definition) is 3. The second-order valence-electron chi connectivity index (χ2n) is 11.2. The largest absolute Gasteiger partial charge is 0.377 e. The summed E-state index contributed by atoms with van der Waals surface area (Å²) in [6.07, 6.45) is 11.0. The van der Waals surface area contributed by atoms with Gasteiger partial charge in [-0.3, -0.25) is 9.97 Å². The van der Waals surface area contributed by atoms with Crippen LogP contribution in [0.2, 0.25) is 0 Å². The monoisotopic (exact) mass is 569 g/mol. The summed E-state index contributed by atoms with van der Waals surface area (Å²) in [6, 6.07) is 33.8. The van der Waals surface area contributed by atoms with E-state index in [9.17, 15) is 0 Å². The summed E-state index contributed by atoms with van der Waals surface area (Å²) < 4.78 is 15.4. The third kappa shape index (κ3) is 6.05. The van der Waals surface area contributed by atoms with E-state index in [0.717, 1.165) is 28.1 Å². The van der Waals surface area contributed by atoms with E-state index in [4.69, 9.17) is 10.4 Å². The Morgan fingerprint density at radius 3 is 1.84 bits per heavy atom. The van der Waals surface area contributed by atoms with Crippen molar-refractivity contribution in [2.24, 2.45) is 0 Å². The second kappa shape index (κ2) is 13.0.